The molecule has 0 aromatic carbocycles. The van der Waals surface area contributed by atoms with Crippen LogP contribution in [0.25, 0.3) is 0 Å². The molecule has 0 bridgehead atoms. The summed E-state index contributed by atoms with van der Waals surface area (Å²) >= 11 is 0. The van der Waals surface area contributed by atoms with E-state index in [0.29, 0.717) is 0 Å². The van der Waals surface area contributed by atoms with Crippen LogP contribution in [-0.4, -0.2) is 0 Å². The van der Waals surface area contributed by atoms with E-state index in [0.717, 1.165) is 0 Å². The zero-order valence-corrected chi connectivity index (χ0v) is 3.41. The Hall–Kier alpha value is 0.935. The SMILES string of the molecule is C=C.[Li+].[Li+]. The quantitative estimate of drug-likeness (QED) is 0.188. The summed E-state index contributed by atoms with van der Waals surface area (Å²) in [6.07, 6.45) is 0. The van der Waals surface area contributed by atoms with Crippen molar-refractivity contribution in [1.29, 1.82) is 0 Å². The van der Waals surface area contributed by atoms with Crippen LogP contribution in [0.5, 0.6) is 0 Å². The van der Waals surface area contributed by atoms with Gasteiger partial charge < -0.3 is 0 Å². The molecule has 0 saturated carbocycles. The summed E-state index contributed by atoms with van der Waals surface area (Å²) in [5, 5.41) is 0. The molecule has 0 nitrogen and oxygen atoms in total. The van der Waals surface area contributed by atoms with Gasteiger partial charge in [0, 0.05) is 0 Å². The van der Waals surface area contributed by atoms with Crippen LogP contribution < -0.4 is 37.7 Å². The van der Waals surface area contributed by atoms with E-state index in [1.165, 1.54) is 0 Å². The molecule has 0 aliphatic heterocycles. The Balaban J connectivity index is -0.00000000500. The Morgan fingerprint density at radius 1 is 0.750 bits per heavy atom. The third-order valence-electron chi connectivity index (χ3n) is 0. The van der Waals surface area contributed by atoms with E-state index >= 15 is 0 Å². The molecule has 0 saturated heterocycles. The molecule has 0 heterocycles. The van der Waals surface area contributed by atoms with Crippen molar-refractivity contribution in [3.63, 3.8) is 0 Å². The van der Waals surface area contributed by atoms with E-state index in [4.69, 9.17) is 0 Å². The zero-order chi connectivity index (χ0) is 2.00. The largest absolute Gasteiger partial charge is 1.00 e. The number of hydrogen-bond acceptors (Lipinski definition) is 0. The van der Waals surface area contributed by atoms with Crippen molar-refractivity contribution in [2.75, 3.05) is 0 Å². The van der Waals surface area contributed by atoms with Crippen LogP contribution in [-0.2, 0) is 0 Å². The van der Waals surface area contributed by atoms with Crippen LogP contribution in [0.3, 0.4) is 0 Å². The summed E-state index contributed by atoms with van der Waals surface area (Å²) in [5.41, 5.74) is 0. The van der Waals surface area contributed by atoms with Gasteiger partial charge in [0.1, 0.15) is 0 Å². The topological polar surface area (TPSA) is 0 Å². The first-order valence-corrected chi connectivity index (χ1v) is 0.500. The summed E-state index contributed by atoms with van der Waals surface area (Å²) in [6, 6.07) is 0. The molecule has 0 aliphatic rings. The van der Waals surface area contributed by atoms with Crippen LogP contribution in [0.2, 0.25) is 0 Å². The maximum atomic E-state index is 3.00. The number of rotatable bonds is 0. The molecule has 0 radical (unpaired) electrons. The second-order valence-corrected chi connectivity index (χ2v) is 0. The Kier molecular flexibility index (Phi) is 198. The third kappa shape index (κ3) is 12.6. The molecular formula is C2H4Li2+2. The van der Waals surface area contributed by atoms with Gasteiger partial charge in [0.2, 0.25) is 0 Å². The van der Waals surface area contributed by atoms with Crippen LogP contribution >= 0.6 is 0 Å². The summed E-state index contributed by atoms with van der Waals surface area (Å²) in [7, 11) is 0. The van der Waals surface area contributed by atoms with Gasteiger partial charge in [-0.05, 0) is 0 Å². The molecule has 2 heteroatoms. The molecule has 0 aromatic heterocycles. The molecule has 0 atom stereocenters. The molecule has 0 amide bonds. The standard InChI is InChI=1S/C2H4.2Li/c1-2;;/h1-2H2;;/q;2*+1. The van der Waals surface area contributed by atoms with Crippen LogP contribution in [0, 0.1) is 0 Å². The number of hydrogen-bond donors (Lipinski definition) is 0. The van der Waals surface area contributed by atoms with E-state index in [9.17, 15) is 0 Å². The third-order valence-corrected chi connectivity index (χ3v) is 0. The van der Waals surface area contributed by atoms with Crippen molar-refractivity contribution in [3.8, 4) is 0 Å². The first-order valence-electron chi connectivity index (χ1n) is 0.500. The van der Waals surface area contributed by atoms with E-state index in [2.05, 4.69) is 13.2 Å². The smallest absolute Gasteiger partial charge is 0.106 e. The second kappa shape index (κ2) is 38.8. The average molecular weight is 41.9 g/mol. The minimum Gasteiger partial charge on any atom is -0.106 e. The summed E-state index contributed by atoms with van der Waals surface area (Å²) < 4.78 is 0. The van der Waals surface area contributed by atoms with Gasteiger partial charge in [0.25, 0.3) is 0 Å². The average Bonchev–Trinajstić information content (AvgIpc) is 1.00. The van der Waals surface area contributed by atoms with Gasteiger partial charge in [0.15, 0.2) is 0 Å². The Bertz CT molecular complexity index is 4.00. The second-order valence-electron chi connectivity index (χ2n) is 0. The minimum absolute atomic E-state index is 0. The van der Waals surface area contributed by atoms with E-state index in [-0.39, 0.29) is 37.7 Å². The summed E-state index contributed by atoms with van der Waals surface area (Å²) in [5.74, 6) is 0. The van der Waals surface area contributed by atoms with Crippen LogP contribution in [0.4, 0.5) is 0 Å². The van der Waals surface area contributed by atoms with Crippen LogP contribution in [0.15, 0.2) is 13.2 Å². The summed E-state index contributed by atoms with van der Waals surface area (Å²) in [4.78, 5) is 0. The minimum atomic E-state index is 0. The van der Waals surface area contributed by atoms with Gasteiger partial charge in [-0.2, -0.15) is 0 Å². The molecular weight excluding hydrogens is 37.9 g/mol. The van der Waals surface area contributed by atoms with Gasteiger partial charge in [-0.15, -0.1) is 13.2 Å². The fraction of sp³-hybridized carbons (Fsp3) is 0. The molecule has 12 valence electrons. The molecule has 0 spiro atoms. The molecule has 0 rings (SSSR count). The van der Waals surface area contributed by atoms with E-state index in [1.807, 2.05) is 0 Å². The Morgan fingerprint density at radius 2 is 0.750 bits per heavy atom. The fourth-order valence-electron chi connectivity index (χ4n) is 0. The van der Waals surface area contributed by atoms with Crippen LogP contribution in [0.1, 0.15) is 0 Å². The van der Waals surface area contributed by atoms with Crippen molar-refractivity contribution < 1.29 is 37.7 Å². The first kappa shape index (κ1) is 20.4. The molecule has 0 aliphatic carbocycles. The van der Waals surface area contributed by atoms with E-state index < -0.39 is 0 Å². The van der Waals surface area contributed by atoms with Crippen molar-refractivity contribution in [3.05, 3.63) is 13.2 Å². The molecule has 0 unspecified atom stereocenters. The summed E-state index contributed by atoms with van der Waals surface area (Å²) in [6.45, 7) is 6.00. The normalized spacial score (nSPS) is 1.00. The maximum absolute atomic E-state index is 3.00. The van der Waals surface area contributed by atoms with Crippen molar-refractivity contribution in [2.45, 2.75) is 0 Å². The fourth-order valence-corrected chi connectivity index (χ4v) is 0. The molecule has 0 fully saturated rings. The predicted molar refractivity (Wildman–Crippen MR) is 11.3 cm³/mol. The maximum Gasteiger partial charge on any atom is 1.00 e. The van der Waals surface area contributed by atoms with Gasteiger partial charge >= 0.3 is 37.7 Å². The van der Waals surface area contributed by atoms with Gasteiger partial charge in [-0.3, -0.25) is 0 Å². The van der Waals surface area contributed by atoms with Gasteiger partial charge in [-0.1, -0.05) is 0 Å². The van der Waals surface area contributed by atoms with E-state index in [1.54, 1.807) is 0 Å². The first-order chi connectivity index (χ1) is 1.00. The van der Waals surface area contributed by atoms with Crippen molar-refractivity contribution >= 4 is 0 Å². The van der Waals surface area contributed by atoms with Crippen molar-refractivity contribution in [2.24, 2.45) is 0 Å². The van der Waals surface area contributed by atoms with Gasteiger partial charge in [0.05, 0.1) is 0 Å². The molecule has 0 N–H and O–H groups in total. The monoisotopic (exact) mass is 42.1 g/mol. The van der Waals surface area contributed by atoms with Gasteiger partial charge in [-0.25, -0.2) is 0 Å². The predicted octanol–water partition coefficient (Wildman–Crippen LogP) is -5.19. The Labute approximate surface area is 51.0 Å². The molecule has 4 heavy (non-hydrogen) atoms. The Morgan fingerprint density at radius 3 is 0.750 bits per heavy atom. The zero-order valence-electron chi connectivity index (χ0n) is 3.41. The molecule has 0 aromatic rings. The van der Waals surface area contributed by atoms with Crippen molar-refractivity contribution in [1.82, 2.24) is 0 Å².